The van der Waals surface area contributed by atoms with Crippen LogP contribution in [0.1, 0.15) is 46.5 Å². The van der Waals surface area contributed by atoms with Crippen LogP contribution < -0.4 is 0 Å². The summed E-state index contributed by atoms with van der Waals surface area (Å²) in [4.78, 5) is 2.44. The zero-order chi connectivity index (χ0) is 11.8. The van der Waals surface area contributed by atoms with Crippen LogP contribution in [0.5, 0.6) is 0 Å². The molecular weight excluding hydrogens is 198 g/mol. The number of hydrogen-bond acceptors (Lipinski definition) is 2. The number of nitrogens with zero attached hydrogens (tertiary/aromatic N) is 1. The molecule has 2 heteroatoms. The van der Waals surface area contributed by atoms with Crippen LogP contribution in [0.2, 0.25) is 0 Å². The number of aliphatic hydroxyl groups is 1. The van der Waals surface area contributed by atoms with Gasteiger partial charge in [-0.3, -0.25) is 0 Å². The summed E-state index contributed by atoms with van der Waals surface area (Å²) in [5.41, 5.74) is -0.548. The van der Waals surface area contributed by atoms with Gasteiger partial charge >= 0.3 is 0 Å². The van der Waals surface area contributed by atoms with Crippen LogP contribution in [0.25, 0.3) is 0 Å². The van der Waals surface area contributed by atoms with Gasteiger partial charge in [0.15, 0.2) is 0 Å². The van der Waals surface area contributed by atoms with Gasteiger partial charge in [0.05, 0.1) is 5.60 Å². The van der Waals surface area contributed by atoms with E-state index < -0.39 is 5.60 Å². The molecule has 0 aromatic carbocycles. The van der Waals surface area contributed by atoms with Gasteiger partial charge < -0.3 is 10.0 Å². The largest absolute Gasteiger partial charge is 0.389 e. The molecule has 0 amide bonds. The molecule has 1 N–H and O–H groups in total. The van der Waals surface area contributed by atoms with E-state index >= 15 is 0 Å². The molecule has 2 rings (SSSR count). The molecule has 0 radical (unpaired) electrons. The van der Waals surface area contributed by atoms with Crippen molar-refractivity contribution in [3.05, 3.63) is 0 Å². The molecule has 2 nitrogen and oxygen atoms in total. The quantitative estimate of drug-likeness (QED) is 0.777. The smallest absolute Gasteiger partial charge is 0.0718 e. The molecule has 3 unspecified atom stereocenters. The predicted molar refractivity (Wildman–Crippen MR) is 67.3 cm³/mol. The second-order valence-corrected chi connectivity index (χ2v) is 6.58. The van der Waals surface area contributed by atoms with Gasteiger partial charge in [-0.25, -0.2) is 0 Å². The topological polar surface area (TPSA) is 23.5 Å². The standard InChI is InChI=1S/C14H27NO/c1-4-15(10-14(2,3)16)9-13-8-11-5-6-12(13)7-11/h11-13,16H,4-10H2,1-3H3. The second kappa shape index (κ2) is 4.66. The monoisotopic (exact) mass is 225 g/mol. The minimum Gasteiger partial charge on any atom is -0.389 e. The van der Waals surface area contributed by atoms with Gasteiger partial charge in [0.1, 0.15) is 0 Å². The minimum absolute atomic E-state index is 0.548. The van der Waals surface area contributed by atoms with Crippen molar-refractivity contribution in [3.8, 4) is 0 Å². The summed E-state index contributed by atoms with van der Waals surface area (Å²) in [6.07, 6.45) is 5.89. The zero-order valence-electron chi connectivity index (χ0n) is 11.1. The second-order valence-electron chi connectivity index (χ2n) is 6.58. The summed E-state index contributed by atoms with van der Waals surface area (Å²) >= 11 is 0. The molecule has 16 heavy (non-hydrogen) atoms. The zero-order valence-corrected chi connectivity index (χ0v) is 11.1. The van der Waals surface area contributed by atoms with Crippen molar-refractivity contribution in [2.75, 3.05) is 19.6 Å². The van der Waals surface area contributed by atoms with Crippen LogP contribution in [0, 0.1) is 17.8 Å². The number of rotatable bonds is 5. The van der Waals surface area contributed by atoms with E-state index in [2.05, 4.69) is 11.8 Å². The van der Waals surface area contributed by atoms with Crippen LogP contribution in [0.3, 0.4) is 0 Å². The van der Waals surface area contributed by atoms with Crippen molar-refractivity contribution >= 4 is 0 Å². The molecule has 2 fully saturated rings. The van der Waals surface area contributed by atoms with Crippen molar-refractivity contribution in [2.24, 2.45) is 17.8 Å². The molecule has 0 saturated heterocycles. The molecule has 0 aliphatic heterocycles. The average molecular weight is 225 g/mol. The maximum Gasteiger partial charge on any atom is 0.0718 e. The fourth-order valence-electron chi connectivity index (χ4n) is 3.78. The van der Waals surface area contributed by atoms with E-state index in [0.717, 1.165) is 30.8 Å². The first-order valence-electron chi connectivity index (χ1n) is 6.92. The fraction of sp³-hybridized carbons (Fsp3) is 1.00. The lowest BCUT2D eigenvalue weighted by molar-refractivity contribution is 0.0296. The van der Waals surface area contributed by atoms with E-state index in [9.17, 15) is 5.11 Å². The summed E-state index contributed by atoms with van der Waals surface area (Å²) in [5, 5.41) is 9.88. The van der Waals surface area contributed by atoms with Crippen molar-refractivity contribution in [1.82, 2.24) is 4.90 Å². The first-order valence-corrected chi connectivity index (χ1v) is 6.92. The summed E-state index contributed by atoms with van der Waals surface area (Å²) in [6.45, 7) is 9.13. The van der Waals surface area contributed by atoms with Crippen molar-refractivity contribution < 1.29 is 5.11 Å². The van der Waals surface area contributed by atoms with E-state index in [1.54, 1.807) is 0 Å². The Hall–Kier alpha value is -0.0800. The van der Waals surface area contributed by atoms with Crippen LogP contribution in [0.15, 0.2) is 0 Å². The van der Waals surface area contributed by atoms with E-state index in [4.69, 9.17) is 0 Å². The average Bonchev–Trinajstić information content (AvgIpc) is 2.75. The maximum atomic E-state index is 9.88. The maximum absolute atomic E-state index is 9.88. The summed E-state index contributed by atoms with van der Waals surface area (Å²) in [5.74, 6) is 2.96. The van der Waals surface area contributed by atoms with Crippen LogP contribution >= 0.6 is 0 Å². The van der Waals surface area contributed by atoms with Gasteiger partial charge in [0.2, 0.25) is 0 Å². The fourth-order valence-corrected chi connectivity index (χ4v) is 3.78. The first kappa shape index (κ1) is 12.4. The Kier molecular flexibility index (Phi) is 3.60. The molecule has 3 atom stereocenters. The molecule has 0 heterocycles. The highest BCUT2D eigenvalue weighted by atomic mass is 16.3. The van der Waals surface area contributed by atoms with Crippen molar-refractivity contribution in [1.29, 1.82) is 0 Å². The lowest BCUT2D eigenvalue weighted by atomic mass is 9.88. The Balaban J connectivity index is 1.83. The number of likely N-dealkylation sites (N-methyl/N-ethyl adjacent to an activating group) is 1. The highest BCUT2D eigenvalue weighted by Gasteiger charge is 2.40. The first-order chi connectivity index (χ1) is 7.48. The summed E-state index contributed by atoms with van der Waals surface area (Å²) in [7, 11) is 0. The van der Waals surface area contributed by atoms with Crippen LogP contribution in [-0.4, -0.2) is 35.2 Å². The van der Waals surface area contributed by atoms with Gasteiger partial charge in [0.25, 0.3) is 0 Å². The van der Waals surface area contributed by atoms with Crippen molar-refractivity contribution in [2.45, 2.75) is 52.1 Å². The molecule has 0 aromatic rings. The van der Waals surface area contributed by atoms with E-state index in [1.165, 1.54) is 32.2 Å². The van der Waals surface area contributed by atoms with E-state index in [0.29, 0.717) is 0 Å². The van der Waals surface area contributed by atoms with Gasteiger partial charge in [0, 0.05) is 13.1 Å². The highest BCUT2D eigenvalue weighted by molar-refractivity contribution is 4.91. The number of fused-ring (bicyclic) bond motifs is 2. The Bertz CT molecular complexity index is 233. The van der Waals surface area contributed by atoms with Crippen molar-refractivity contribution in [3.63, 3.8) is 0 Å². The van der Waals surface area contributed by atoms with Gasteiger partial charge in [-0.1, -0.05) is 13.3 Å². The Morgan fingerprint density at radius 1 is 1.25 bits per heavy atom. The Morgan fingerprint density at radius 2 is 2.00 bits per heavy atom. The summed E-state index contributed by atoms with van der Waals surface area (Å²) in [6, 6.07) is 0. The Morgan fingerprint density at radius 3 is 2.44 bits per heavy atom. The SMILES string of the molecule is CCN(CC1CC2CCC1C2)CC(C)(C)O. The lowest BCUT2D eigenvalue weighted by Crippen LogP contribution is -2.41. The third-order valence-electron chi connectivity index (χ3n) is 4.44. The third kappa shape index (κ3) is 2.98. The molecule has 0 spiro atoms. The normalized spacial score (nSPS) is 33.9. The van der Waals surface area contributed by atoms with Crippen LogP contribution in [-0.2, 0) is 0 Å². The summed E-state index contributed by atoms with van der Waals surface area (Å²) < 4.78 is 0. The molecule has 94 valence electrons. The molecule has 0 aromatic heterocycles. The van der Waals surface area contributed by atoms with E-state index in [-0.39, 0.29) is 0 Å². The van der Waals surface area contributed by atoms with E-state index in [1.807, 2.05) is 13.8 Å². The predicted octanol–water partition coefficient (Wildman–Crippen LogP) is 2.52. The lowest BCUT2D eigenvalue weighted by Gasteiger charge is -2.32. The molecule has 2 bridgehead atoms. The molecule has 2 aliphatic rings. The third-order valence-corrected chi connectivity index (χ3v) is 4.44. The number of hydrogen-bond donors (Lipinski definition) is 1. The van der Waals surface area contributed by atoms with Gasteiger partial charge in [-0.05, 0) is 57.4 Å². The molecule has 2 aliphatic carbocycles. The highest BCUT2D eigenvalue weighted by Crippen LogP contribution is 2.48. The van der Waals surface area contributed by atoms with Crippen LogP contribution in [0.4, 0.5) is 0 Å². The Labute approximate surface area is 100 Å². The van der Waals surface area contributed by atoms with Gasteiger partial charge in [-0.2, -0.15) is 0 Å². The van der Waals surface area contributed by atoms with Gasteiger partial charge in [-0.15, -0.1) is 0 Å². The molecule has 2 saturated carbocycles. The molecular formula is C14H27NO. The minimum atomic E-state index is -0.548.